The summed E-state index contributed by atoms with van der Waals surface area (Å²) in [5.74, 6) is 0. The van der Waals surface area contributed by atoms with Crippen molar-refractivity contribution in [3.05, 3.63) is 33.8 Å². The number of ether oxygens (including phenoxy) is 1. The number of nitrogens with two attached hydrogens (primary N) is 1. The number of halogens is 2. The summed E-state index contributed by atoms with van der Waals surface area (Å²) in [4.78, 5) is 2.39. The lowest BCUT2D eigenvalue weighted by Crippen LogP contribution is -2.47. The SMILES string of the molecule is CCCN1CCOC(C(N)c2ccc(Cl)c(Cl)c2)C1. The molecule has 0 saturated carbocycles. The van der Waals surface area contributed by atoms with Crippen molar-refractivity contribution in [2.45, 2.75) is 25.5 Å². The standard InChI is InChI=1S/C14H20Cl2N2O/c1-2-5-18-6-7-19-13(9-18)14(17)10-3-4-11(15)12(16)8-10/h3-4,8,13-14H,2,5-7,9,17H2,1H3. The lowest BCUT2D eigenvalue weighted by Gasteiger charge is -2.35. The molecule has 106 valence electrons. The van der Waals surface area contributed by atoms with Gasteiger partial charge in [-0.15, -0.1) is 0 Å². The highest BCUT2D eigenvalue weighted by Gasteiger charge is 2.26. The molecular weight excluding hydrogens is 283 g/mol. The minimum atomic E-state index is -0.172. The molecule has 0 amide bonds. The van der Waals surface area contributed by atoms with E-state index in [4.69, 9.17) is 33.7 Å². The van der Waals surface area contributed by atoms with Gasteiger partial charge in [0.05, 0.1) is 28.8 Å². The first-order valence-electron chi connectivity index (χ1n) is 6.66. The van der Waals surface area contributed by atoms with Gasteiger partial charge in [-0.05, 0) is 30.7 Å². The molecule has 0 radical (unpaired) electrons. The number of benzene rings is 1. The molecule has 0 spiro atoms. The topological polar surface area (TPSA) is 38.5 Å². The molecule has 1 aliphatic heterocycles. The van der Waals surface area contributed by atoms with E-state index in [-0.39, 0.29) is 12.1 Å². The van der Waals surface area contributed by atoms with E-state index in [2.05, 4.69) is 11.8 Å². The van der Waals surface area contributed by atoms with Crippen LogP contribution in [0.25, 0.3) is 0 Å². The molecule has 0 aromatic heterocycles. The van der Waals surface area contributed by atoms with E-state index in [0.29, 0.717) is 10.0 Å². The second kappa shape index (κ2) is 6.91. The summed E-state index contributed by atoms with van der Waals surface area (Å²) < 4.78 is 5.80. The van der Waals surface area contributed by atoms with Gasteiger partial charge in [0.1, 0.15) is 0 Å². The van der Waals surface area contributed by atoms with Gasteiger partial charge < -0.3 is 10.5 Å². The van der Waals surface area contributed by atoms with E-state index in [1.165, 1.54) is 0 Å². The van der Waals surface area contributed by atoms with Crippen LogP contribution in [-0.2, 0) is 4.74 Å². The molecule has 1 aliphatic rings. The van der Waals surface area contributed by atoms with Gasteiger partial charge in [0.2, 0.25) is 0 Å². The van der Waals surface area contributed by atoms with E-state index in [1.54, 1.807) is 6.07 Å². The van der Waals surface area contributed by atoms with Crippen LogP contribution < -0.4 is 5.73 Å². The molecule has 0 aliphatic carbocycles. The quantitative estimate of drug-likeness (QED) is 0.929. The summed E-state index contributed by atoms with van der Waals surface area (Å²) in [6, 6.07) is 5.36. The van der Waals surface area contributed by atoms with Gasteiger partial charge in [-0.2, -0.15) is 0 Å². The van der Waals surface area contributed by atoms with Crippen LogP contribution in [0.4, 0.5) is 0 Å². The Labute approximate surface area is 124 Å². The molecule has 5 heteroatoms. The third-order valence-corrected chi connectivity index (χ3v) is 4.19. The maximum atomic E-state index is 6.29. The fourth-order valence-corrected chi connectivity index (χ4v) is 2.71. The van der Waals surface area contributed by atoms with E-state index in [0.717, 1.165) is 38.2 Å². The van der Waals surface area contributed by atoms with Crippen LogP contribution in [-0.4, -0.2) is 37.2 Å². The van der Waals surface area contributed by atoms with Gasteiger partial charge in [0.25, 0.3) is 0 Å². The lowest BCUT2D eigenvalue weighted by molar-refractivity contribution is -0.0407. The average molecular weight is 303 g/mol. The first-order chi connectivity index (χ1) is 9.11. The highest BCUT2D eigenvalue weighted by atomic mass is 35.5. The highest BCUT2D eigenvalue weighted by Crippen LogP contribution is 2.27. The number of hydrogen-bond acceptors (Lipinski definition) is 3. The maximum absolute atomic E-state index is 6.29. The monoisotopic (exact) mass is 302 g/mol. The molecule has 2 rings (SSSR count). The van der Waals surface area contributed by atoms with Gasteiger partial charge in [-0.3, -0.25) is 4.90 Å². The zero-order chi connectivity index (χ0) is 13.8. The van der Waals surface area contributed by atoms with E-state index in [1.807, 2.05) is 12.1 Å². The molecule has 1 aromatic rings. The van der Waals surface area contributed by atoms with Crippen molar-refractivity contribution in [1.82, 2.24) is 4.90 Å². The van der Waals surface area contributed by atoms with Gasteiger partial charge in [0, 0.05) is 13.1 Å². The first-order valence-corrected chi connectivity index (χ1v) is 7.42. The van der Waals surface area contributed by atoms with Crippen LogP contribution in [0.3, 0.4) is 0 Å². The summed E-state index contributed by atoms with van der Waals surface area (Å²) in [6.07, 6.45) is 1.16. The Morgan fingerprint density at radius 1 is 1.42 bits per heavy atom. The predicted octanol–water partition coefficient (Wildman–Crippen LogP) is 3.10. The Morgan fingerprint density at radius 2 is 2.21 bits per heavy atom. The Bertz CT molecular complexity index is 426. The lowest BCUT2D eigenvalue weighted by atomic mass is 10.0. The normalized spacial score (nSPS) is 22.4. The molecule has 2 unspecified atom stereocenters. The van der Waals surface area contributed by atoms with Crippen molar-refractivity contribution in [2.75, 3.05) is 26.2 Å². The minimum Gasteiger partial charge on any atom is -0.374 e. The van der Waals surface area contributed by atoms with Crippen LogP contribution in [0, 0.1) is 0 Å². The zero-order valence-electron chi connectivity index (χ0n) is 11.1. The molecule has 3 nitrogen and oxygen atoms in total. The van der Waals surface area contributed by atoms with Crippen LogP contribution in [0.5, 0.6) is 0 Å². The number of hydrogen-bond donors (Lipinski definition) is 1. The van der Waals surface area contributed by atoms with E-state index in [9.17, 15) is 0 Å². The van der Waals surface area contributed by atoms with Crippen molar-refractivity contribution in [1.29, 1.82) is 0 Å². The fraction of sp³-hybridized carbons (Fsp3) is 0.571. The zero-order valence-corrected chi connectivity index (χ0v) is 12.6. The summed E-state index contributed by atoms with van der Waals surface area (Å²) >= 11 is 12.0. The fourth-order valence-electron chi connectivity index (χ4n) is 2.40. The number of rotatable bonds is 4. The van der Waals surface area contributed by atoms with Crippen LogP contribution in [0.1, 0.15) is 24.9 Å². The van der Waals surface area contributed by atoms with Crippen molar-refractivity contribution in [3.63, 3.8) is 0 Å². The summed E-state index contributed by atoms with van der Waals surface area (Å²) in [7, 11) is 0. The molecule has 1 saturated heterocycles. The van der Waals surface area contributed by atoms with Crippen LogP contribution in [0.15, 0.2) is 18.2 Å². The van der Waals surface area contributed by atoms with E-state index < -0.39 is 0 Å². The molecule has 1 fully saturated rings. The average Bonchev–Trinajstić information content (AvgIpc) is 2.42. The van der Waals surface area contributed by atoms with Gasteiger partial charge in [-0.1, -0.05) is 36.2 Å². The summed E-state index contributed by atoms with van der Waals surface area (Å²) in [5.41, 5.74) is 7.26. The third-order valence-electron chi connectivity index (χ3n) is 3.45. The maximum Gasteiger partial charge on any atom is 0.0894 e. The van der Waals surface area contributed by atoms with Crippen LogP contribution in [0.2, 0.25) is 10.0 Å². The highest BCUT2D eigenvalue weighted by molar-refractivity contribution is 6.42. The van der Waals surface area contributed by atoms with Gasteiger partial charge >= 0.3 is 0 Å². The smallest absolute Gasteiger partial charge is 0.0894 e. The molecule has 2 atom stereocenters. The summed E-state index contributed by atoms with van der Waals surface area (Å²) in [6.45, 7) is 5.87. The Kier molecular flexibility index (Phi) is 5.48. The molecule has 1 heterocycles. The Morgan fingerprint density at radius 3 is 2.89 bits per heavy atom. The van der Waals surface area contributed by atoms with Crippen molar-refractivity contribution in [3.8, 4) is 0 Å². The molecular formula is C14H20Cl2N2O. The van der Waals surface area contributed by atoms with E-state index >= 15 is 0 Å². The largest absolute Gasteiger partial charge is 0.374 e. The molecule has 2 N–H and O–H groups in total. The number of nitrogens with zero attached hydrogens (tertiary/aromatic N) is 1. The van der Waals surface area contributed by atoms with Crippen molar-refractivity contribution < 1.29 is 4.74 Å². The Hall–Kier alpha value is -0.320. The van der Waals surface area contributed by atoms with Crippen LogP contribution >= 0.6 is 23.2 Å². The molecule has 1 aromatic carbocycles. The van der Waals surface area contributed by atoms with Gasteiger partial charge in [0.15, 0.2) is 0 Å². The predicted molar refractivity (Wildman–Crippen MR) is 79.9 cm³/mol. The molecule has 0 bridgehead atoms. The minimum absolute atomic E-state index is 0.0116. The molecule has 19 heavy (non-hydrogen) atoms. The van der Waals surface area contributed by atoms with Crippen molar-refractivity contribution >= 4 is 23.2 Å². The second-order valence-corrected chi connectivity index (χ2v) is 5.72. The van der Waals surface area contributed by atoms with Crippen molar-refractivity contribution in [2.24, 2.45) is 5.73 Å². The summed E-state index contributed by atoms with van der Waals surface area (Å²) in [5, 5.41) is 1.09. The third kappa shape index (κ3) is 3.83. The number of morpholine rings is 1. The second-order valence-electron chi connectivity index (χ2n) is 4.91. The first kappa shape index (κ1) is 15.1. The Balaban J connectivity index is 2.05. The van der Waals surface area contributed by atoms with Gasteiger partial charge in [-0.25, -0.2) is 0 Å².